The van der Waals surface area contributed by atoms with Gasteiger partial charge in [0.05, 0.1) is 5.00 Å². The molecule has 82 valence electrons. The minimum Gasteiger partial charge on any atom is -0.477 e. The molecule has 0 unspecified atom stereocenters. The van der Waals surface area contributed by atoms with E-state index in [0.29, 0.717) is 4.88 Å². The molecule has 1 rings (SSSR count). The van der Waals surface area contributed by atoms with Crippen LogP contribution in [0.1, 0.15) is 22.5 Å². The smallest absolute Gasteiger partial charge is 0.345 e. The normalized spacial score (nSPS) is 9.93. The molecule has 0 atom stereocenters. The Balaban J connectivity index is 2.53. The summed E-state index contributed by atoms with van der Waals surface area (Å²) in [6, 6.07) is 3.49. The lowest BCUT2D eigenvalue weighted by molar-refractivity contribution is 0.0702. The van der Waals surface area contributed by atoms with Crippen molar-refractivity contribution in [3.63, 3.8) is 0 Å². The molecule has 0 fully saturated rings. The van der Waals surface area contributed by atoms with Gasteiger partial charge in [-0.2, -0.15) is 0 Å². The monoisotopic (exact) mass is 225 g/mol. The van der Waals surface area contributed by atoms with Crippen molar-refractivity contribution in [3.8, 4) is 0 Å². The maximum atomic E-state index is 10.7. The average molecular weight is 225 g/mol. The number of aromatic carboxylic acids is 1. The van der Waals surface area contributed by atoms with Gasteiger partial charge in [0, 0.05) is 13.6 Å². The van der Waals surface area contributed by atoms with Gasteiger partial charge in [0.25, 0.3) is 0 Å². The minimum absolute atomic E-state index is 0.389. The summed E-state index contributed by atoms with van der Waals surface area (Å²) < 4.78 is 0. The molecule has 0 radical (unpaired) electrons. The largest absolute Gasteiger partial charge is 0.477 e. The number of allylic oxidation sites excluding steroid dienone is 1. The Morgan fingerprint density at radius 1 is 1.67 bits per heavy atom. The van der Waals surface area contributed by atoms with E-state index in [1.165, 1.54) is 11.3 Å². The van der Waals surface area contributed by atoms with Crippen LogP contribution in [0, 0.1) is 0 Å². The van der Waals surface area contributed by atoms with Crippen molar-refractivity contribution in [2.75, 3.05) is 18.5 Å². The van der Waals surface area contributed by atoms with Gasteiger partial charge >= 0.3 is 5.97 Å². The van der Waals surface area contributed by atoms with E-state index in [4.69, 9.17) is 5.11 Å². The Morgan fingerprint density at radius 3 is 2.93 bits per heavy atom. The molecular formula is C11H15NO2S. The summed E-state index contributed by atoms with van der Waals surface area (Å²) in [5.74, 6) is -0.856. The molecule has 0 amide bonds. The zero-order chi connectivity index (χ0) is 11.3. The Bertz CT molecular complexity index is 346. The quantitative estimate of drug-likeness (QED) is 0.598. The number of hydrogen-bond acceptors (Lipinski definition) is 3. The summed E-state index contributed by atoms with van der Waals surface area (Å²) in [6.07, 6.45) is 3.92. The van der Waals surface area contributed by atoms with Crippen LogP contribution in [0.3, 0.4) is 0 Å². The standard InChI is InChI=1S/C11H15NO2S/c1-3-4-5-8-12(2)10-7-6-9(15-10)11(13)14/h3,6-7H,1,4-5,8H2,2H3,(H,13,14). The van der Waals surface area contributed by atoms with Gasteiger partial charge in [0.1, 0.15) is 4.88 Å². The molecule has 3 nitrogen and oxygen atoms in total. The van der Waals surface area contributed by atoms with E-state index in [9.17, 15) is 4.79 Å². The molecule has 1 heterocycles. The summed E-state index contributed by atoms with van der Waals surface area (Å²) in [5.41, 5.74) is 0. The summed E-state index contributed by atoms with van der Waals surface area (Å²) in [4.78, 5) is 13.1. The highest BCUT2D eigenvalue weighted by molar-refractivity contribution is 7.17. The molecule has 4 heteroatoms. The third-order valence-electron chi connectivity index (χ3n) is 2.08. The molecular weight excluding hydrogens is 210 g/mol. The Kier molecular flexibility index (Phi) is 4.37. The second-order valence-corrected chi connectivity index (χ2v) is 4.36. The van der Waals surface area contributed by atoms with Gasteiger partial charge < -0.3 is 10.0 Å². The lowest BCUT2D eigenvalue weighted by atomic mass is 10.3. The Hall–Kier alpha value is -1.29. The van der Waals surface area contributed by atoms with Crippen molar-refractivity contribution in [1.82, 2.24) is 0 Å². The number of carboxylic acid groups (broad SMARTS) is 1. The van der Waals surface area contributed by atoms with Crippen LogP contribution in [0.4, 0.5) is 5.00 Å². The topological polar surface area (TPSA) is 40.5 Å². The fourth-order valence-corrected chi connectivity index (χ4v) is 2.06. The van der Waals surface area contributed by atoms with Crippen molar-refractivity contribution in [3.05, 3.63) is 29.7 Å². The number of rotatable bonds is 6. The lowest BCUT2D eigenvalue weighted by Gasteiger charge is -2.15. The zero-order valence-electron chi connectivity index (χ0n) is 8.77. The molecule has 0 spiro atoms. The van der Waals surface area contributed by atoms with Gasteiger partial charge in [-0.15, -0.1) is 17.9 Å². The van der Waals surface area contributed by atoms with E-state index in [0.717, 1.165) is 24.4 Å². The third kappa shape index (κ3) is 3.40. The number of hydrogen-bond donors (Lipinski definition) is 1. The van der Waals surface area contributed by atoms with E-state index < -0.39 is 5.97 Å². The zero-order valence-corrected chi connectivity index (χ0v) is 9.59. The van der Waals surface area contributed by atoms with Crippen LogP contribution >= 0.6 is 11.3 Å². The fraction of sp³-hybridized carbons (Fsp3) is 0.364. The Labute approximate surface area is 93.7 Å². The van der Waals surface area contributed by atoms with E-state index in [-0.39, 0.29) is 0 Å². The van der Waals surface area contributed by atoms with Crippen molar-refractivity contribution < 1.29 is 9.90 Å². The second-order valence-electron chi connectivity index (χ2n) is 3.30. The maximum absolute atomic E-state index is 10.7. The van der Waals surface area contributed by atoms with Crippen molar-refractivity contribution >= 4 is 22.3 Å². The SMILES string of the molecule is C=CCCCN(C)c1ccc(C(=O)O)s1. The van der Waals surface area contributed by atoms with Crippen LogP contribution in [-0.2, 0) is 0 Å². The highest BCUT2D eigenvalue weighted by Crippen LogP contribution is 2.25. The summed E-state index contributed by atoms with van der Waals surface area (Å²) >= 11 is 1.31. The van der Waals surface area contributed by atoms with Crippen molar-refractivity contribution in [2.45, 2.75) is 12.8 Å². The van der Waals surface area contributed by atoms with Gasteiger partial charge in [-0.1, -0.05) is 6.08 Å². The molecule has 0 bridgehead atoms. The van der Waals surface area contributed by atoms with Crippen LogP contribution < -0.4 is 4.90 Å². The highest BCUT2D eigenvalue weighted by atomic mass is 32.1. The van der Waals surface area contributed by atoms with Crippen molar-refractivity contribution in [2.24, 2.45) is 0 Å². The summed E-state index contributed by atoms with van der Waals surface area (Å²) in [6.45, 7) is 4.59. The first kappa shape index (κ1) is 11.8. The van der Waals surface area contributed by atoms with Crippen LogP contribution in [0.5, 0.6) is 0 Å². The van der Waals surface area contributed by atoms with Crippen LogP contribution in [0.25, 0.3) is 0 Å². The molecule has 0 saturated carbocycles. The molecule has 0 saturated heterocycles. The fourth-order valence-electron chi connectivity index (χ4n) is 1.23. The molecule has 0 aliphatic carbocycles. The number of carboxylic acids is 1. The minimum atomic E-state index is -0.856. The molecule has 0 aliphatic heterocycles. The summed E-state index contributed by atoms with van der Waals surface area (Å²) in [5, 5.41) is 9.77. The van der Waals surface area contributed by atoms with E-state index in [2.05, 4.69) is 11.5 Å². The number of carbonyl (C=O) groups is 1. The van der Waals surface area contributed by atoms with E-state index in [1.54, 1.807) is 6.07 Å². The van der Waals surface area contributed by atoms with Crippen LogP contribution in [0.15, 0.2) is 24.8 Å². The lowest BCUT2D eigenvalue weighted by Crippen LogP contribution is -2.16. The summed E-state index contributed by atoms with van der Waals surface area (Å²) in [7, 11) is 1.97. The van der Waals surface area contributed by atoms with Gasteiger partial charge in [-0.25, -0.2) is 4.79 Å². The average Bonchev–Trinajstić information content (AvgIpc) is 2.66. The number of anilines is 1. The molecule has 15 heavy (non-hydrogen) atoms. The van der Waals surface area contributed by atoms with E-state index >= 15 is 0 Å². The Morgan fingerprint density at radius 2 is 2.40 bits per heavy atom. The molecule has 1 aromatic heterocycles. The van der Waals surface area contributed by atoms with Gasteiger partial charge in [-0.05, 0) is 25.0 Å². The first-order valence-corrected chi connectivity index (χ1v) is 5.62. The third-order valence-corrected chi connectivity index (χ3v) is 3.27. The van der Waals surface area contributed by atoms with Gasteiger partial charge in [0.2, 0.25) is 0 Å². The second kappa shape index (κ2) is 5.56. The van der Waals surface area contributed by atoms with Gasteiger partial charge in [-0.3, -0.25) is 0 Å². The molecule has 0 aliphatic rings. The first-order chi connectivity index (χ1) is 7.15. The highest BCUT2D eigenvalue weighted by Gasteiger charge is 2.09. The molecule has 0 aromatic carbocycles. The van der Waals surface area contributed by atoms with Crippen LogP contribution in [-0.4, -0.2) is 24.7 Å². The maximum Gasteiger partial charge on any atom is 0.345 e. The first-order valence-electron chi connectivity index (χ1n) is 4.80. The van der Waals surface area contributed by atoms with Crippen molar-refractivity contribution in [1.29, 1.82) is 0 Å². The molecule has 1 N–H and O–H groups in total. The van der Waals surface area contributed by atoms with E-state index in [1.807, 2.05) is 19.2 Å². The number of thiophene rings is 1. The molecule has 1 aromatic rings. The predicted molar refractivity (Wildman–Crippen MR) is 64.0 cm³/mol. The predicted octanol–water partition coefficient (Wildman–Crippen LogP) is 2.85. The van der Waals surface area contributed by atoms with Gasteiger partial charge in [0.15, 0.2) is 0 Å². The number of nitrogens with zero attached hydrogens (tertiary/aromatic N) is 1. The number of unbranched alkanes of at least 4 members (excludes halogenated alkanes) is 1. The van der Waals surface area contributed by atoms with Crippen LogP contribution in [0.2, 0.25) is 0 Å².